The van der Waals surface area contributed by atoms with Crippen LogP contribution in [0.3, 0.4) is 0 Å². The highest BCUT2D eigenvalue weighted by molar-refractivity contribution is 5.99. The Morgan fingerprint density at radius 3 is 2.67 bits per heavy atom. The third-order valence-corrected chi connectivity index (χ3v) is 4.82. The Balaban J connectivity index is 1.75. The normalized spacial score (nSPS) is 16.7. The van der Waals surface area contributed by atoms with Crippen molar-refractivity contribution < 1.29 is 19.1 Å². The van der Waals surface area contributed by atoms with Gasteiger partial charge in [-0.1, -0.05) is 32.0 Å². The van der Waals surface area contributed by atoms with Gasteiger partial charge < -0.3 is 14.4 Å². The van der Waals surface area contributed by atoms with Crippen LogP contribution in [0.1, 0.15) is 37.3 Å². The van der Waals surface area contributed by atoms with Gasteiger partial charge in [-0.05, 0) is 42.2 Å². The van der Waals surface area contributed by atoms with Crippen LogP contribution in [0, 0.1) is 12.8 Å². The molecule has 1 heterocycles. The number of benzene rings is 2. The molecule has 2 aromatic rings. The molecule has 1 saturated heterocycles. The number of esters is 1. The number of carbonyl (C=O) groups excluding carboxylic acids is 2. The average Bonchev–Trinajstić information content (AvgIpc) is 3.03. The summed E-state index contributed by atoms with van der Waals surface area (Å²) in [7, 11) is 1.58. The summed E-state index contributed by atoms with van der Waals surface area (Å²) >= 11 is 0. The molecule has 1 amide bonds. The zero-order chi connectivity index (χ0) is 19.6. The summed E-state index contributed by atoms with van der Waals surface area (Å²) in [5, 5.41) is 0. The lowest BCUT2D eigenvalue weighted by Crippen LogP contribution is -2.27. The number of hydrogen-bond acceptors (Lipinski definition) is 4. The first-order valence-corrected chi connectivity index (χ1v) is 9.15. The van der Waals surface area contributed by atoms with Gasteiger partial charge in [0.2, 0.25) is 5.91 Å². The Kier molecular flexibility index (Phi) is 5.49. The second-order valence-corrected chi connectivity index (χ2v) is 7.22. The van der Waals surface area contributed by atoms with E-state index in [0.717, 1.165) is 16.8 Å². The van der Waals surface area contributed by atoms with Gasteiger partial charge in [0.05, 0.1) is 13.0 Å². The van der Waals surface area contributed by atoms with Gasteiger partial charge in [-0.15, -0.1) is 0 Å². The van der Waals surface area contributed by atoms with Crippen LogP contribution >= 0.6 is 0 Å². The fraction of sp³-hybridized carbons (Fsp3) is 0.364. The molecule has 2 aromatic carbocycles. The first kappa shape index (κ1) is 19.0. The number of anilines is 1. The third kappa shape index (κ3) is 4.13. The van der Waals surface area contributed by atoms with Crippen molar-refractivity contribution in [2.24, 2.45) is 5.92 Å². The molecule has 0 bridgehead atoms. The van der Waals surface area contributed by atoms with Crippen LogP contribution in [0.5, 0.6) is 11.5 Å². The molecule has 0 N–H and O–H groups in total. The van der Waals surface area contributed by atoms with Crippen molar-refractivity contribution in [2.45, 2.75) is 33.1 Å². The smallest absolute Gasteiger partial charge is 0.316 e. The zero-order valence-corrected chi connectivity index (χ0v) is 16.2. The van der Waals surface area contributed by atoms with Gasteiger partial charge in [0.1, 0.15) is 11.5 Å². The molecule has 3 rings (SSSR count). The van der Waals surface area contributed by atoms with Gasteiger partial charge in [-0.3, -0.25) is 9.59 Å². The molecular weight excluding hydrogens is 342 g/mol. The van der Waals surface area contributed by atoms with E-state index < -0.39 is 5.92 Å². The highest BCUT2D eigenvalue weighted by atomic mass is 16.5. The number of nitrogens with zero attached hydrogens (tertiary/aromatic N) is 1. The lowest BCUT2D eigenvalue weighted by Gasteiger charge is -2.18. The topological polar surface area (TPSA) is 55.8 Å². The molecule has 1 aliphatic heterocycles. The van der Waals surface area contributed by atoms with Crippen molar-refractivity contribution in [2.75, 3.05) is 18.6 Å². The van der Waals surface area contributed by atoms with E-state index in [-0.39, 0.29) is 24.2 Å². The number of rotatable bonds is 5. The molecule has 1 atom stereocenters. The van der Waals surface area contributed by atoms with E-state index in [0.29, 0.717) is 18.0 Å². The van der Waals surface area contributed by atoms with Crippen molar-refractivity contribution in [3.8, 4) is 11.5 Å². The molecule has 142 valence electrons. The Morgan fingerprint density at radius 1 is 1.19 bits per heavy atom. The van der Waals surface area contributed by atoms with Gasteiger partial charge in [0, 0.05) is 24.7 Å². The van der Waals surface area contributed by atoms with Crippen LogP contribution in [-0.4, -0.2) is 25.5 Å². The third-order valence-electron chi connectivity index (χ3n) is 4.82. The van der Waals surface area contributed by atoms with Crippen molar-refractivity contribution in [3.63, 3.8) is 0 Å². The van der Waals surface area contributed by atoms with Crippen molar-refractivity contribution in [1.29, 1.82) is 0 Å². The van der Waals surface area contributed by atoms with Crippen molar-refractivity contribution in [1.82, 2.24) is 0 Å². The standard InChI is InChI=1S/C22H25NO4/c1-14(2)19-9-8-15(3)10-20(19)27-22(25)16-11-21(24)23(13-16)17-6-5-7-18(12-17)26-4/h5-10,12,14,16H,11,13H2,1-4H3/t16-/m1/s1. The van der Waals surface area contributed by atoms with Gasteiger partial charge >= 0.3 is 5.97 Å². The fourth-order valence-corrected chi connectivity index (χ4v) is 3.29. The van der Waals surface area contributed by atoms with E-state index in [2.05, 4.69) is 13.8 Å². The molecule has 27 heavy (non-hydrogen) atoms. The van der Waals surface area contributed by atoms with E-state index in [4.69, 9.17) is 9.47 Å². The van der Waals surface area contributed by atoms with Gasteiger partial charge in [-0.25, -0.2) is 0 Å². The summed E-state index contributed by atoms with van der Waals surface area (Å²) in [6.45, 7) is 6.40. The first-order chi connectivity index (χ1) is 12.9. The predicted octanol–water partition coefficient (Wildman–Crippen LogP) is 4.09. The van der Waals surface area contributed by atoms with E-state index in [1.54, 1.807) is 18.1 Å². The second kappa shape index (κ2) is 7.82. The summed E-state index contributed by atoms with van der Waals surface area (Å²) in [6.07, 6.45) is 0.152. The zero-order valence-electron chi connectivity index (χ0n) is 16.2. The maximum atomic E-state index is 12.7. The molecule has 0 aliphatic carbocycles. The summed E-state index contributed by atoms with van der Waals surface area (Å²) in [5.74, 6) is 0.575. The van der Waals surface area contributed by atoms with Gasteiger partial charge in [-0.2, -0.15) is 0 Å². The van der Waals surface area contributed by atoms with Crippen LogP contribution in [0.2, 0.25) is 0 Å². The van der Waals surface area contributed by atoms with Crippen LogP contribution in [-0.2, 0) is 9.59 Å². The van der Waals surface area contributed by atoms with Crippen molar-refractivity contribution >= 4 is 17.6 Å². The lowest BCUT2D eigenvalue weighted by atomic mass is 10.0. The van der Waals surface area contributed by atoms with E-state index in [1.807, 2.05) is 43.3 Å². The highest BCUT2D eigenvalue weighted by Gasteiger charge is 2.36. The largest absolute Gasteiger partial charge is 0.497 e. The summed E-state index contributed by atoms with van der Waals surface area (Å²) in [4.78, 5) is 26.8. The van der Waals surface area contributed by atoms with Crippen LogP contribution in [0.15, 0.2) is 42.5 Å². The maximum absolute atomic E-state index is 12.7. The monoisotopic (exact) mass is 367 g/mol. The maximum Gasteiger partial charge on any atom is 0.316 e. The molecule has 1 fully saturated rings. The number of aryl methyl sites for hydroxylation is 1. The van der Waals surface area contributed by atoms with E-state index in [9.17, 15) is 9.59 Å². The first-order valence-electron chi connectivity index (χ1n) is 9.15. The van der Waals surface area contributed by atoms with Crippen molar-refractivity contribution in [3.05, 3.63) is 53.6 Å². The number of methoxy groups -OCH3 is 1. The minimum absolute atomic E-state index is 0.0847. The van der Waals surface area contributed by atoms with Gasteiger partial charge in [0.15, 0.2) is 0 Å². The minimum Gasteiger partial charge on any atom is -0.497 e. The minimum atomic E-state index is -0.482. The number of amides is 1. The Bertz CT molecular complexity index is 859. The molecule has 0 spiro atoms. The quantitative estimate of drug-likeness (QED) is 0.590. The highest BCUT2D eigenvalue weighted by Crippen LogP contribution is 2.31. The molecule has 0 saturated carbocycles. The lowest BCUT2D eigenvalue weighted by molar-refractivity contribution is -0.139. The fourth-order valence-electron chi connectivity index (χ4n) is 3.29. The number of hydrogen-bond donors (Lipinski definition) is 0. The molecule has 1 aliphatic rings. The SMILES string of the molecule is COc1cccc(N2C[C@H](C(=O)Oc3cc(C)ccc3C(C)C)CC2=O)c1. The number of carbonyl (C=O) groups is 2. The Hall–Kier alpha value is -2.82. The summed E-state index contributed by atoms with van der Waals surface area (Å²) in [6, 6.07) is 13.2. The molecule has 0 unspecified atom stereocenters. The Labute approximate surface area is 159 Å². The van der Waals surface area contributed by atoms with E-state index >= 15 is 0 Å². The summed E-state index contributed by atoms with van der Waals surface area (Å²) in [5.41, 5.74) is 2.75. The molecule has 5 heteroatoms. The molecule has 5 nitrogen and oxygen atoms in total. The molecule has 0 radical (unpaired) electrons. The van der Waals surface area contributed by atoms with Crippen LogP contribution in [0.4, 0.5) is 5.69 Å². The Morgan fingerprint density at radius 2 is 1.96 bits per heavy atom. The average molecular weight is 367 g/mol. The molecule has 0 aromatic heterocycles. The van der Waals surface area contributed by atoms with Crippen LogP contribution < -0.4 is 14.4 Å². The van der Waals surface area contributed by atoms with Gasteiger partial charge in [0.25, 0.3) is 0 Å². The van der Waals surface area contributed by atoms with E-state index in [1.165, 1.54) is 0 Å². The second-order valence-electron chi connectivity index (χ2n) is 7.22. The number of ether oxygens (including phenoxy) is 2. The molecular formula is C22H25NO4. The predicted molar refractivity (Wildman–Crippen MR) is 104 cm³/mol. The van der Waals surface area contributed by atoms with Crippen LogP contribution in [0.25, 0.3) is 0 Å². The summed E-state index contributed by atoms with van der Waals surface area (Å²) < 4.78 is 10.9.